The van der Waals surface area contributed by atoms with Gasteiger partial charge in [-0.25, -0.2) is 9.97 Å². The van der Waals surface area contributed by atoms with E-state index in [1.54, 1.807) is 12.4 Å². The molecule has 1 heterocycles. The van der Waals surface area contributed by atoms with Gasteiger partial charge < -0.3 is 10.6 Å². The first-order valence-corrected chi connectivity index (χ1v) is 5.91. The Morgan fingerprint density at radius 3 is 2.67 bits per heavy atom. The molecule has 4 nitrogen and oxygen atoms in total. The Morgan fingerprint density at radius 1 is 1.28 bits per heavy atom. The first-order valence-electron chi connectivity index (χ1n) is 5.51. The van der Waals surface area contributed by atoms with Gasteiger partial charge in [-0.15, -0.1) is 0 Å². The van der Waals surface area contributed by atoms with Gasteiger partial charge in [0.05, 0.1) is 0 Å². The summed E-state index contributed by atoms with van der Waals surface area (Å²) in [7, 11) is 1.92. The van der Waals surface area contributed by atoms with E-state index >= 15 is 0 Å². The average molecular weight is 258 g/mol. The molecule has 18 heavy (non-hydrogen) atoms. The van der Waals surface area contributed by atoms with Crippen LogP contribution < -0.4 is 10.6 Å². The van der Waals surface area contributed by atoms with Gasteiger partial charge in [0.1, 0.15) is 10.7 Å². The second kappa shape index (κ2) is 5.10. The Bertz CT molecular complexity index is 583. The van der Waals surface area contributed by atoms with Gasteiger partial charge in [-0.1, -0.05) is 24.4 Å². The number of nitrogens with zero attached hydrogens (tertiary/aromatic N) is 3. The minimum absolute atomic E-state index is 0.248. The number of anilines is 2. The number of hydrogen-bond donors (Lipinski definition) is 1. The van der Waals surface area contributed by atoms with E-state index in [2.05, 4.69) is 16.0 Å². The molecule has 0 fully saturated rings. The molecular formula is C13H14N4S. The van der Waals surface area contributed by atoms with Crippen molar-refractivity contribution in [1.82, 2.24) is 9.97 Å². The number of rotatable bonds is 3. The number of aromatic nitrogens is 2. The summed E-state index contributed by atoms with van der Waals surface area (Å²) in [4.78, 5) is 10.7. The average Bonchev–Trinajstić information content (AvgIpc) is 2.38. The van der Waals surface area contributed by atoms with E-state index in [-0.39, 0.29) is 4.99 Å². The van der Waals surface area contributed by atoms with Crippen LogP contribution in [0.3, 0.4) is 0 Å². The SMILES string of the molecule is Cc1cccc(N(C)c2nccnc2C(N)=S)c1. The molecule has 0 aliphatic heterocycles. The van der Waals surface area contributed by atoms with Crippen molar-refractivity contribution in [3.05, 3.63) is 47.9 Å². The van der Waals surface area contributed by atoms with Crippen LogP contribution in [-0.4, -0.2) is 22.0 Å². The first-order chi connectivity index (χ1) is 8.59. The number of hydrogen-bond acceptors (Lipinski definition) is 4. The number of benzene rings is 1. The van der Waals surface area contributed by atoms with Crippen LogP contribution in [-0.2, 0) is 0 Å². The van der Waals surface area contributed by atoms with Gasteiger partial charge in [-0.05, 0) is 24.6 Å². The van der Waals surface area contributed by atoms with Crippen molar-refractivity contribution in [3.8, 4) is 0 Å². The third-order valence-corrected chi connectivity index (χ3v) is 2.81. The zero-order valence-electron chi connectivity index (χ0n) is 10.3. The maximum Gasteiger partial charge on any atom is 0.161 e. The predicted molar refractivity (Wildman–Crippen MR) is 77.2 cm³/mol. The minimum atomic E-state index is 0.248. The van der Waals surface area contributed by atoms with Crippen LogP contribution >= 0.6 is 12.2 Å². The predicted octanol–water partition coefficient (Wildman–Crippen LogP) is 2.19. The van der Waals surface area contributed by atoms with Gasteiger partial charge in [-0.3, -0.25) is 0 Å². The van der Waals surface area contributed by atoms with E-state index in [1.165, 1.54) is 5.56 Å². The monoisotopic (exact) mass is 258 g/mol. The Kier molecular flexibility index (Phi) is 3.53. The third kappa shape index (κ3) is 2.46. The van der Waals surface area contributed by atoms with Crippen molar-refractivity contribution in [2.45, 2.75) is 6.92 Å². The van der Waals surface area contributed by atoms with Crippen molar-refractivity contribution >= 4 is 28.7 Å². The third-order valence-electron chi connectivity index (χ3n) is 2.62. The summed E-state index contributed by atoms with van der Waals surface area (Å²) in [6.07, 6.45) is 3.21. The molecule has 0 aliphatic rings. The van der Waals surface area contributed by atoms with Crippen molar-refractivity contribution in [3.63, 3.8) is 0 Å². The van der Waals surface area contributed by atoms with E-state index in [9.17, 15) is 0 Å². The summed E-state index contributed by atoms with van der Waals surface area (Å²) in [5.74, 6) is 0.663. The molecule has 0 unspecified atom stereocenters. The fourth-order valence-electron chi connectivity index (χ4n) is 1.71. The molecular weight excluding hydrogens is 244 g/mol. The first kappa shape index (κ1) is 12.4. The molecule has 0 saturated heterocycles. The lowest BCUT2D eigenvalue weighted by Crippen LogP contribution is -2.20. The molecule has 0 spiro atoms. The Labute approximate surface area is 111 Å². The molecule has 0 bridgehead atoms. The largest absolute Gasteiger partial charge is 0.388 e. The van der Waals surface area contributed by atoms with Crippen LogP contribution in [0.1, 0.15) is 11.3 Å². The normalized spacial score (nSPS) is 10.1. The molecule has 1 aromatic carbocycles. The highest BCUT2D eigenvalue weighted by molar-refractivity contribution is 7.80. The van der Waals surface area contributed by atoms with E-state index in [0.29, 0.717) is 11.5 Å². The second-order valence-electron chi connectivity index (χ2n) is 3.99. The van der Waals surface area contributed by atoms with Crippen LogP contribution in [0.4, 0.5) is 11.5 Å². The number of nitrogens with two attached hydrogens (primary N) is 1. The molecule has 1 aromatic heterocycles. The fourth-order valence-corrected chi connectivity index (χ4v) is 1.85. The van der Waals surface area contributed by atoms with Crippen molar-refractivity contribution in [2.24, 2.45) is 5.73 Å². The lowest BCUT2D eigenvalue weighted by Gasteiger charge is -2.20. The zero-order valence-corrected chi connectivity index (χ0v) is 11.1. The van der Waals surface area contributed by atoms with Crippen molar-refractivity contribution < 1.29 is 0 Å². The molecule has 2 rings (SSSR count). The van der Waals surface area contributed by atoms with E-state index < -0.39 is 0 Å². The van der Waals surface area contributed by atoms with Gasteiger partial charge >= 0.3 is 0 Å². The van der Waals surface area contributed by atoms with Crippen LogP contribution in [0.15, 0.2) is 36.7 Å². The summed E-state index contributed by atoms with van der Waals surface area (Å²) >= 11 is 4.99. The second-order valence-corrected chi connectivity index (χ2v) is 4.43. The quantitative estimate of drug-likeness (QED) is 0.855. The maximum atomic E-state index is 5.66. The Hall–Kier alpha value is -2.01. The van der Waals surface area contributed by atoms with Gasteiger partial charge in [0.2, 0.25) is 0 Å². The smallest absolute Gasteiger partial charge is 0.161 e. The zero-order chi connectivity index (χ0) is 13.1. The van der Waals surface area contributed by atoms with E-state index in [0.717, 1.165) is 5.69 Å². The van der Waals surface area contributed by atoms with E-state index in [1.807, 2.05) is 37.1 Å². The van der Waals surface area contributed by atoms with Gasteiger partial charge in [0.25, 0.3) is 0 Å². The highest BCUT2D eigenvalue weighted by Crippen LogP contribution is 2.24. The topological polar surface area (TPSA) is 55.0 Å². The molecule has 5 heteroatoms. The molecule has 2 N–H and O–H groups in total. The molecule has 92 valence electrons. The number of aryl methyl sites for hydroxylation is 1. The van der Waals surface area contributed by atoms with E-state index in [4.69, 9.17) is 18.0 Å². The van der Waals surface area contributed by atoms with Crippen LogP contribution in [0, 0.1) is 6.92 Å². The van der Waals surface area contributed by atoms with Crippen LogP contribution in [0.5, 0.6) is 0 Å². The standard InChI is InChI=1S/C13H14N4S/c1-9-4-3-5-10(8-9)17(2)13-11(12(14)18)15-6-7-16-13/h3-8H,1-2H3,(H2,14,18). The summed E-state index contributed by atoms with van der Waals surface area (Å²) < 4.78 is 0. The molecule has 0 radical (unpaired) electrons. The molecule has 0 aliphatic carbocycles. The summed E-state index contributed by atoms with van der Waals surface area (Å²) in [5, 5.41) is 0. The van der Waals surface area contributed by atoms with Gasteiger partial charge in [-0.2, -0.15) is 0 Å². The summed E-state index contributed by atoms with van der Waals surface area (Å²) in [5.41, 5.74) is 8.40. The van der Waals surface area contributed by atoms with Crippen LogP contribution in [0.2, 0.25) is 0 Å². The lowest BCUT2D eigenvalue weighted by atomic mass is 10.2. The molecule has 2 aromatic rings. The van der Waals surface area contributed by atoms with Crippen LogP contribution in [0.25, 0.3) is 0 Å². The minimum Gasteiger partial charge on any atom is -0.388 e. The van der Waals surface area contributed by atoms with Gasteiger partial charge in [0.15, 0.2) is 5.82 Å². The Morgan fingerprint density at radius 2 is 2.00 bits per heavy atom. The molecule has 0 saturated carbocycles. The highest BCUT2D eigenvalue weighted by Gasteiger charge is 2.13. The summed E-state index contributed by atoms with van der Waals surface area (Å²) in [6, 6.07) is 8.11. The summed E-state index contributed by atoms with van der Waals surface area (Å²) in [6.45, 7) is 2.04. The van der Waals surface area contributed by atoms with Crippen molar-refractivity contribution in [2.75, 3.05) is 11.9 Å². The Balaban J connectivity index is 2.46. The fraction of sp³-hybridized carbons (Fsp3) is 0.154. The molecule has 0 atom stereocenters. The highest BCUT2D eigenvalue weighted by atomic mass is 32.1. The van der Waals surface area contributed by atoms with Crippen molar-refractivity contribution in [1.29, 1.82) is 0 Å². The number of thiocarbonyl (C=S) groups is 1. The van der Waals surface area contributed by atoms with Gasteiger partial charge in [0, 0.05) is 25.1 Å². The molecule has 0 amide bonds. The maximum absolute atomic E-state index is 5.66. The lowest BCUT2D eigenvalue weighted by molar-refractivity contribution is 1.07.